The van der Waals surface area contributed by atoms with E-state index in [1.807, 2.05) is 24.3 Å². The number of terminal acetylenes is 1. The molecule has 0 aromatic heterocycles. The molecule has 1 rings (SSSR count). The van der Waals surface area contributed by atoms with Gasteiger partial charge < -0.3 is 14.6 Å². The van der Waals surface area contributed by atoms with Crippen LogP contribution in [-0.2, 0) is 11.3 Å². The van der Waals surface area contributed by atoms with E-state index < -0.39 is 6.10 Å². The van der Waals surface area contributed by atoms with Crippen molar-refractivity contribution in [3.8, 4) is 18.1 Å². The highest BCUT2D eigenvalue weighted by molar-refractivity contribution is 5.26. The third kappa shape index (κ3) is 4.03. The quantitative estimate of drug-likeness (QED) is 0.736. The number of aliphatic hydroxyl groups is 1. The Hall–Kier alpha value is -1.50. The first-order chi connectivity index (χ1) is 7.26. The average Bonchev–Trinajstić information content (AvgIpc) is 2.29. The van der Waals surface area contributed by atoms with E-state index in [0.29, 0.717) is 6.61 Å². The summed E-state index contributed by atoms with van der Waals surface area (Å²) in [4.78, 5) is 0. The molecule has 0 spiro atoms. The summed E-state index contributed by atoms with van der Waals surface area (Å²) in [5, 5.41) is 9.04. The van der Waals surface area contributed by atoms with Gasteiger partial charge in [-0.2, -0.15) is 0 Å². The molecule has 0 heterocycles. The number of hydrogen-bond donors (Lipinski definition) is 1. The van der Waals surface area contributed by atoms with Gasteiger partial charge in [-0.05, 0) is 17.7 Å². The van der Waals surface area contributed by atoms with Crippen molar-refractivity contribution in [3.63, 3.8) is 0 Å². The van der Waals surface area contributed by atoms with Crippen molar-refractivity contribution in [3.05, 3.63) is 29.8 Å². The summed E-state index contributed by atoms with van der Waals surface area (Å²) < 4.78 is 10.2. The van der Waals surface area contributed by atoms with E-state index in [2.05, 4.69) is 5.92 Å². The van der Waals surface area contributed by atoms with Gasteiger partial charge in [0.1, 0.15) is 11.9 Å². The minimum Gasteiger partial charge on any atom is -0.497 e. The molecule has 3 nitrogen and oxygen atoms in total. The topological polar surface area (TPSA) is 38.7 Å². The number of methoxy groups -OCH3 is 1. The maximum absolute atomic E-state index is 9.04. The summed E-state index contributed by atoms with van der Waals surface area (Å²) in [5.41, 5.74) is 1.01. The van der Waals surface area contributed by atoms with Crippen LogP contribution in [0.1, 0.15) is 5.56 Å². The highest BCUT2D eigenvalue weighted by atomic mass is 16.5. The van der Waals surface area contributed by atoms with E-state index in [1.54, 1.807) is 7.11 Å². The van der Waals surface area contributed by atoms with Crippen molar-refractivity contribution < 1.29 is 14.6 Å². The Bertz CT molecular complexity index is 324. The summed E-state index contributed by atoms with van der Waals surface area (Å²) in [5.74, 6) is 2.99. The minimum absolute atomic E-state index is 0.155. The van der Waals surface area contributed by atoms with Crippen LogP contribution in [0.3, 0.4) is 0 Å². The number of benzene rings is 1. The van der Waals surface area contributed by atoms with Crippen LogP contribution in [0.4, 0.5) is 0 Å². The second-order valence-corrected chi connectivity index (χ2v) is 3.05. The van der Waals surface area contributed by atoms with Crippen molar-refractivity contribution in [2.45, 2.75) is 12.7 Å². The van der Waals surface area contributed by atoms with Gasteiger partial charge in [0, 0.05) is 0 Å². The maximum atomic E-state index is 9.04. The largest absolute Gasteiger partial charge is 0.497 e. The molecule has 0 bridgehead atoms. The predicted octanol–water partition coefficient (Wildman–Crippen LogP) is 1.21. The smallest absolute Gasteiger partial charge is 0.137 e. The van der Waals surface area contributed by atoms with Crippen LogP contribution in [0, 0.1) is 12.3 Å². The highest BCUT2D eigenvalue weighted by Gasteiger charge is 1.99. The Morgan fingerprint density at radius 3 is 2.60 bits per heavy atom. The molecule has 0 aliphatic rings. The number of hydrogen-bond acceptors (Lipinski definition) is 3. The summed E-state index contributed by atoms with van der Waals surface area (Å²) in [6, 6.07) is 7.52. The molecule has 15 heavy (non-hydrogen) atoms. The number of ether oxygens (including phenoxy) is 2. The molecule has 80 valence electrons. The van der Waals surface area contributed by atoms with E-state index >= 15 is 0 Å². The highest BCUT2D eigenvalue weighted by Crippen LogP contribution is 2.11. The molecule has 0 saturated heterocycles. The average molecular weight is 206 g/mol. The lowest BCUT2D eigenvalue weighted by Gasteiger charge is -2.06. The molecule has 1 N–H and O–H groups in total. The predicted molar refractivity (Wildman–Crippen MR) is 57.5 cm³/mol. The molecule has 0 fully saturated rings. The fourth-order valence-electron chi connectivity index (χ4n) is 1.06. The van der Waals surface area contributed by atoms with Crippen LogP contribution in [-0.4, -0.2) is 24.9 Å². The first-order valence-corrected chi connectivity index (χ1v) is 4.61. The van der Waals surface area contributed by atoms with Gasteiger partial charge in [0.05, 0.1) is 20.3 Å². The Labute approximate surface area is 89.6 Å². The number of rotatable bonds is 5. The van der Waals surface area contributed by atoms with Gasteiger partial charge in [0.15, 0.2) is 0 Å². The standard InChI is InChI=1S/C12H14O3/c1-3-11(13)9-15-8-10-4-6-12(14-2)7-5-10/h1,4-7,11,13H,8-9H2,2H3. The van der Waals surface area contributed by atoms with Crippen molar-refractivity contribution in [2.75, 3.05) is 13.7 Å². The van der Waals surface area contributed by atoms with Crippen LogP contribution >= 0.6 is 0 Å². The Morgan fingerprint density at radius 1 is 1.40 bits per heavy atom. The lowest BCUT2D eigenvalue weighted by atomic mass is 10.2. The zero-order valence-electron chi connectivity index (χ0n) is 8.64. The molecule has 1 aromatic rings. The summed E-state index contributed by atoms with van der Waals surface area (Å²) in [6.45, 7) is 0.589. The SMILES string of the molecule is C#CC(O)COCc1ccc(OC)cc1. The van der Waals surface area contributed by atoms with Crippen molar-refractivity contribution in [1.82, 2.24) is 0 Å². The summed E-state index contributed by atoms with van der Waals surface area (Å²) in [7, 11) is 1.62. The van der Waals surface area contributed by atoms with Crippen LogP contribution in [0.25, 0.3) is 0 Å². The lowest BCUT2D eigenvalue weighted by Crippen LogP contribution is -2.12. The fraction of sp³-hybridized carbons (Fsp3) is 0.333. The first kappa shape index (κ1) is 11.6. The van der Waals surface area contributed by atoms with Gasteiger partial charge in [-0.25, -0.2) is 0 Å². The zero-order valence-corrected chi connectivity index (χ0v) is 8.64. The van der Waals surface area contributed by atoms with Gasteiger partial charge in [-0.1, -0.05) is 18.1 Å². The first-order valence-electron chi connectivity index (χ1n) is 4.61. The molecule has 0 amide bonds. The summed E-state index contributed by atoms with van der Waals surface area (Å²) in [6.07, 6.45) is 4.16. The molecule has 1 unspecified atom stereocenters. The van der Waals surface area contributed by atoms with Crippen LogP contribution in [0.2, 0.25) is 0 Å². The van der Waals surface area contributed by atoms with Gasteiger partial charge in [-0.3, -0.25) is 0 Å². The van der Waals surface area contributed by atoms with Crippen LogP contribution in [0.15, 0.2) is 24.3 Å². The van der Waals surface area contributed by atoms with Crippen molar-refractivity contribution in [1.29, 1.82) is 0 Å². The third-order valence-electron chi connectivity index (χ3n) is 1.90. The Kier molecular flexibility index (Phi) is 4.69. The molecule has 0 saturated carbocycles. The van der Waals surface area contributed by atoms with Gasteiger partial charge in [-0.15, -0.1) is 6.42 Å². The Morgan fingerprint density at radius 2 is 2.07 bits per heavy atom. The zero-order chi connectivity index (χ0) is 11.1. The molecule has 1 aromatic carbocycles. The van der Waals surface area contributed by atoms with Gasteiger partial charge >= 0.3 is 0 Å². The maximum Gasteiger partial charge on any atom is 0.137 e. The minimum atomic E-state index is -0.830. The van der Waals surface area contributed by atoms with Crippen LogP contribution < -0.4 is 4.74 Å². The second-order valence-electron chi connectivity index (χ2n) is 3.05. The fourth-order valence-corrected chi connectivity index (χ4v) is 1.06. The molecule has 1 atom stereocenters. The van der Waals surface area contributed by atoms with E-state index in [1.165, 1.54) is 0 Å². The molecule has 0 aliphatic heterocycles. The van der Waals surface area contributed by atoms with E-state index in [-0.39, 0.29) is 6.61 Å². The molecule has 0 radical (unpaired) electrons. The van der Waals surface area contributed by atoms with E-state index in [0.717, 1.165) is 11.3 Å². The summed E-state index contributed by atoms with van der Waals surface area (Å²) >= 11 is 0. The van der Waals surface area contributed by atoms with Crippen molar-refractivity contribution in [2.24, 2.45) is 0 Å². The lowest BCUT2D eigenvalue weighted by molar-refractivity contribution is 0.0544. The third-order valence-corrected chi connectivity index (χ3v) is 1.90. The van der Waals surface area contributed by atoms with Crippen LogP contribution in [0.5, 0.6) is 5.75 Å². The van der Waals surface area contributed by atoms with Gasteiger partial charge in [0.2, 0.25) is 0 Å². The Balaban J connectivity index is 2.35. The second kappa shape index (κ2) is 6.07. The van der Waals surface area contributed by atoms with Gasteiger partial charge in [0.25, 0.3) is 0 Å². The molecular formula is C12H14O3. The van der Waals surface area contributed by atoms with Crippen molar-refractivity contribution >= 4 is 0 Å². The number of aliphatic hydroxyl groups excluding tert-OH is 1. The molecular weight excluding hydrogens is 192 g/mol. The normalized spacial score (nSPS) is 11.8. The molecule has 0 aliphatic carbocycles. The van der Waals surface area contributed by atoms with E-state index in [9.17, 15) is 0 Å². The monoisotopic (exact) mass is 206 g/mol. The van der Waals surface area contributed by atoms with E-state index in [4.69, 9.17) is 21.0 Å². The molecule has 3 heteroatoms.